The first-order chi connectivity index (χ1) is 17.5. The van der Waals surface area contributed by atoms with Crippen LogP contribution in [-0.2, 0) is 11.2 Å². The summed E-state index contributed by atoms with van der Waals surface area (Å²) in [5.74, 6) is 1.17. The van der Waals surface area contributed by atoms with Crippen molar-refractivity contribution < 1.29 is 19.0 Å². The summed E-state index contributed by atoms with van der Waals surface area (Å²) in [6.45, 7) is 3.52. The predicted octanol–water partition coefficient (Wildman–Crippen LogP) is 5.08. The van der Waals surface area contributed by atoms with Crippen LogP contribution in [-0.4, -0.2) is 39.7 Å². The van der Waals surface area contributed by atoms with E-state index in [4.69, 9.17) is 9.72 Å². The van der Waals surface area contributed by atoms with Gasteiger partial charge in [0.25, 0.3) is 0 Å². The number of aryl methyl sites for hydroxylation is 1. The molecule has 1 amide bonds. The van der Waals surface area contributed by atoms with Gasteiger partial charge in [0.05, 0.1) is 24.2 Å². The minimum atomic E-state index is -0.324. The van der Waals surface area contributed by atoms with Crippen molar-refractivity contribution in [2.24, 2.45) is 0 Å². The molecule has 2 aromatic carbocycles. The van der Waals surface area contributed by atoms with Crippen LogP contribution >= 0.6 is 0 Å². The second-order valence-corrected chi connectivity index (χ2v) is 7.90. The number of methoxy groups -OCH3 is 1. The van der Waals surface area contributed by atoms with Gasteiger partial charge in [0.15, 0.2) is 0 Å². The first-order valence-electron chi connectivity index (χ1n) is 11.3. The van der Waals surface area contributed by atoms with Gasteiger partial charge in [-0.3, -0.25) is 4.79 Å². The van der Waals surface area contributed by atoms with E-state index in [9.17, 15) is 14.3 Å². The van der Waals surface area contributed by atoms with Crippen molar-refractivity contribution in [2.75, 3.05) is 24.4 Å². The van der Waals surface area contributed by atoms with Gasteiger partial charge in [0.2, 0.25) is 5.91 Å². The van der Waals surface area contributed by atoms with Gasteiger partial charge in [-0.2, -0.15) is 0 Å². The predicted molar refractivity (Wildman–Crippen MR) is 138 cm³/mol. The molecule has 36 heavy (non-hydrogen) atoms. The third-order valence-corrected chi connectivity index (χ3v) is 5.41. The lowest BCUT2D eigenvalue weighted by Gasteiger charge is -2.13. The van der Waals surface area contributed by atoms with E-state index < -0.39 is 0 Å². The van der Waals surface area contributed by atoms with E-state index in [0.29, 0.717) is 41.5 Å². The Hall–Kier alpha value is -4.50. The zero-order valence-corrected chi connectivity index (χ0v) is 19.7. The Morgan fingerprint density at radius 3 is 2.69 bits per heavy atom. The van der Waals surface area contributed by atoms with Crippen molar-refractivity contribution in [1.29, 1.82) is 0 Å². The maximum Gasteiger partial charge on any atom is 0.247 e. The number of ether oxygens (including phenoxy) is 1. The van der Waals surface area contributed by atoms with E-state index >= 15 is 0 Å². The first kappa shape index (κ1) is 24.6. The molecular weight excluding hydrogens is 461 g/mol. The SMILES string of the molecule is C=CC(=O)Nc1ccc(OC)c(Nc2cc(-c3nc(CCCO)[nH]c3-c3ccc(F)cc3)ccn2)c1. The number of hydrogen-bond acceptors (Lipinski definition) is 6. The summed E-state index contributed by atoms with van der Waals surface area (Å²) in [6, 6.07) is 15.1. The molecule has 184 valence electrons. The second kappa shape index (κ2) is 11.3. The highest BCUT2D eigenvalue weighted by Crippen LogP contribution is 2.34. The summed E-state index contributed by atoms with van der Waals surface area (Å²) in [7, 11) is 1.55. The van der Waals surface area contributed by atoms with Gasteiger partial charge in [0, 0.05) is 36.0 Å². The molecule has 0 atom stereocenters. The fourth-order valence-electron chi connectivity index (χ4n) is 3.68. The average Bonchev–Trinajstić information content (AvgIpc) is 3.32. The molecule has 9 heteroatoms. The number of halogens is 1. The largest absolute Gasteiger partial charge is 0.495 e. The van der Waals surface area contributed by atoms with E-state index in [1.807, 2.05) is 12.1 Å². The van der Waals surface area contributed by atoms with Crippen LogP contribution in [0.25, 0.3) is 22.5 Å². The van der Waals surface area contributed by atoms with E-state index in [2.05, 4.69) is 27.2 Å². The number of carbonyl (C=O) groups excluding carboxylic acids is 1. The fourth-order valence-corrected chi connectivity index (χ4v) is 3.68. The molecule has 0 radical (unpaired) electrons. The number of aliphatic hydroxyl groups is 1. The molecule has 4 rings (SSSR count). The Balaban J connectivity index is 1.69. The van der Waals surface area contributed by atoms with Crippen molar-refractivity contribution in [2.45, 2.75) is 12.8 Å². The molecule has 4 aromatic rings. The van der Waals surface area contributed by atoms with E-state index in [1.54, 1.807) is 43.6 Å². The Morgan fingerprint density at radius 2 is 1.97 bits per heavy atom. The van der Waals surface area contributed by atoms with Gasteiger partial charge < -0.3 is 25.5 Å². The summed E-state index contributed by atoms with van der Waals surface area (Å²) >= 11 is 0. The number of amides is 1. The van der Waals surface area contributed by atoms with Crippen LogP contribution in [0.15, 0.2) is 73.4 Å². The Labute approximate surface area is 207 Å². The van der Waals surface area contributed by atoms with Crippen LogP contribution in [0.4, 0.5) is 21.6 Å². The quantitative estimate of drug-likeness (QED) is 0.232. The van der Waals surface area contributed by atoms with Crippen molar-refractivity contribution in [3.8, 4) is 28.3 Å². The monoisotopic (exact) mass is 487 g/mol. The highest BCUT2D eigenvalue weighted by atomic mass is 19.1. The number of imidazole rings is 1. The third kappa shape index (κ3) is 5.76. The number of rotatable bonds is 10. The molecule has 0 aliphatic rings. The van der Waals surface area contributed by atoms with Crippen LogP contribution in [0.3, 0.4) is 0 Å². The van der Waals surface area contributed by atoms with Crippen LogP contribution in [0, 0.1) is 5.82 Å². The second-order valence-electron chi connectivity index (χ2n) is 7.90. The number of nitrogens with one attached hydrogen (secondary N) is 3. The minimum absolute atomic E-state index is 0.0550. The fraction of sp³-hybridized carbons (Fsp3) is 0.148. The lowest BCUT2D eigenvalue weighted by Crippen LogP contribution is -2.07. The number of anilines is 3. The van der Waals surface area contributed by atoms with Gasteiger partial charge in [-0.05, 0) is 67.1 Å². The summed E-state index contributed by atoms with van der Waals surface area (Å²) < 4.78 is 19.0. The number of aromatic nitrogens is 3. The summed E-state index contributed by atoms with van der Waals surface area (Å²) in [4.78, 5) is 24.2. The summed E-state index contributed by atoms with van der Waals surface area (Å²) in [5, 5.41) is 15.2. The maximum atomic E-state index is 13.5. The van der Waals surface area contributed by atoms with Gasteiger partial charge in [-0.15, -0.1) is 0 Å². The van der Waals surface area contributed by atoms with Crippen LogP contribution < -0.4 is 15.4 Å². The van der Waals surface area contributed by atoms with Crippen LogP contribution in [0.2, 0.25) is 0 Å². The van der Waals surface area contributed by atoms with Gasteiger partial charge in [-0.1, -0.05) is 6.58 Å². The lowest BCUT2D eigenvalue weighted by atomic mass is 10.1. The van der Waals surface area contributed by atoms with Gasteiger partial charge >= 0.3 is 0 Å². The summed E-state index contributed by atoms with van der Waals surface area (Å²) in [5.41, 5.74) is 4.17. The molecule has 0 fully saturated rings. The molecule has 2 heterocycles. The number of aromatic amines is 1. The van der Waals surface area contributed by atoms with E-state index in [1.165, 1.54) is 18.2 Å². The molecule has 2 aromatic heterocycles. The number of aliphatic hydroxyl groups excluding tert-OH is 1. The zero-order chi connectivity index (χ0) is 25.5. The summed E-state index contributed by atoms with van der Waals surface area (Å²) in [6.07, 6.45) is 3.99. The molecule has 0 saturated heterocycles. The number of H-pyrrole nitrogens is 1. The minimum Gasteiger partial charge on any atom is -0.495 e. The number of hydrogen-bond donors (Lipinski definition) is 4. The zero-order valence-electron chi connectivity index (χ0n) is 19.7. The number of pyridine rings is 1. The molecule has 8 nitrogen and oxygen atoms in total. The van der Waals surface area contributed by atoms with Gasteiger partial charge in [0.1, 0.15) is 23.2 Å². The molecule has 0 saturated carbocycles. The molecule has 0 aliphatic carbocycles. The standard InChI is InChI=1S/C27H26FN5O3/c1-3-25(35)30-20-10-11-22(36-2)21(16-20)31-24-15-18(12-13-29-24)27-26(17-6-8-19(28)9-7-17)32-23(33-27)5-4-14-34/h3,6-13,15-16,34H,1,4-5,14H2,2H3,(H,29,31)(H,30,35)(H,32,33). The smallest absolute Gasteiger partial charge is 0.247 e. The average molecular weight is 488 g/mol. The molecule has 4 N–H and O–H groups in total. The molecule has 0 bridgehead atoms. The van der Waals surface area contributed by atoms with E-state index in [0.717, 1.165) is 22.6 Å². The molecule has 0 spiro atoms. The Kier molecular flexibility index (Phi) is 7.72. The first-order valence-corrected chi connectivity index (χ1v) is 11.3. The topological polar surface area (TPSA) is 112 Å². The highest BCUT2D eigenvalue weighted by molar-refractivity contribution is 5.99. The Bertz CT molecular complexity index is 1370. The van der Waals surface area contributed by atoms with Crippen molar-refractivity contribution in [3.63, 3.8) is 0 Å². The lowest BCUT2D eigenvalue weighted by molar-refractivity contribution is -0.111. The Morgan fingerprint density at radius 1 is 1.17 bits per heavy atom. The highest BCUT2D eigenvalue weighted by Gasteiger charge is 2.16. The molecular formula is C27H26FN5O3. The van der Waals surface area contributed by atoms with Crippen LogP contribution in [0.1, 0.15) is 12.2 Å². The van der Waals surface area contributed by atoms with Crippen molar-refractivity contribution >= 4 is 23.1 Å². The van der Waals surface area contributed by atoms with Gasteiger partial charge in [-0.25, -0.2) is 14.4 Å². The number of benzene rings is 2. The third-order valence-electron chi connectivity index (χ3n) is 5.41. The number of nitrogens with zero attached hydrogens (tertiary/aromatic N) is 2. The molecule has 0 unspecified atom stereocenters. The van der Waals surface area contributed by atoms with Crippen LogP contribution in [0.5, 0.6) is 5.75 Å². The van der Waals surface area contributed by atoms with Crippen molar-refractivity contribution in [3.05, 3.63) is 85.1 Å². The number of carbonyl (C=O) groups is 1. The normalized spacial score (nSPS) is 10.6. The maximum absolute atomic E-state index is 13.5. The van der Waals surface area contributed by atoms with Crippen molar-refractivity contribution in [1.82, 2.24) is 15.0 Å². The van der Waals surface area contributed by atoms with E-state index in [-0.39, 0.29) is 18.3 Å². The molecule has 0 aliphatic heterocycles.